The standard InChI is InChI=1S/C16H25FN2/c1-3-4-12-5-7-13(8-6-12)16(18-2)14-9-10-19-11-15(14)17/h9-13,16,18H,3-8H2,1-2H3. The normalized spacial score (nSPS) is 25.2. The van der Waals surface area contributed by atoms with E-state index in [9.17, 15) is 4.39 Å². The van der Waals surface area contributed by atoms with Gasteiger partial charge in [0, 0.05) is 17.8 Å². The van der Waals surface area contributed by atoms with Crippen LogP contribution in [0.5, 0.6) is 0 Å². The summed E-state index contributed by atoms with van der Waals surface area (Å²) in [7, 11) is 1.93. The average molecular weight is 264 g/mol. The molecule has 1 aromatic heterocycles. The van der Waals surface area contributed by atoms with Crippen molar-refractivity contribution >= 4 is 0 Å². The van der Waals surface area contributed by atoms with Gasteiger partial charge in [0.15, 0.2) is 0 Å². The fourth-order valence-electron chi connectivity index (χ4n) is 3.50. The van der Waals surface area contributed by atoms with Crippen molar-refractivity contribution in [2.45, 2.75) is 51.5 Å². The van der Waals surface area contributed by atoms with Gasteiger partial charge in [0.1, 0.15) is 5.82 Å². The molecule has 0 radical (unpaired) electrons. The Morgan fingerprint density at radius 2 is 2.11 bits per heavy atom. The lowest BCUT2D eigenvalue weighted by Gasteiger charge is -2.34. The summed E-state index contributed by atoms with van der Waals surface area (Å²) in [6.45, 7) is 2.26. The van der Waals surface area contributed by atoms with Crippen molar-refractivity contribution in [2.24, 2.45) is 11.8 Å². The van der Waals surface area contributed by atoms with E-state index in [0.29, 0.717) is 5.92 Å². The van der Waals surface area contributed by atoms with Crippen molar-refractivity contribution in [3.05, 3.63) is 29.8 Å². The highest BCUT2D eigenvalue weighted by Gasteiger charge is 2.28. The first kappa shape index (κ1) is 14.4. The minimum atomic E-state index is -0.183. The van der Waals surface area contributed by atoms with Gasteiger partial charge in [0.2, 0.25) is 0 Å². The van der Waals surface area contributed by atoms with Crippen LogP contribution in [0.25, 0.3) is 0 Å². The van der Waals surface area contributed by atoms with Crippen LogP contribution in [0.2, 0.25) is 0 Å². The highest BCUT2D eigenvalue weighted by atomic mass is 19.1. The molecule has 1 unspecified atom stereocenters. The summed E-state index contributed by atoms with van der Waals surface area (Å²) >= 11 is 0. The van der Waals surface area contributed by atoms with E-state index in [1.807, 2.05) is 13.1 Å². The predicted molar refractivity (Wildman–Crippen MR) is 76.4 cm³/mol. The molecule has 1 atom stereocenters. The highest BCUT2D eigenvalue weighted by molar-refractivity contribution is 5.18. The summed E-state index contributed by atoms with van der Waals surface area (Å²) in [6, 6.07) is 1.94. The third-order valence-corrected chi connectivity index (χ3v) is 4.51. The van der Waals surface area contributed by atoms with Crippen LogP contribution in [0.15, 0.2) is 18.5 Å². The second kappa shape index (κ2) is 6.99. The molecule has 19 heavy (non-hydrogen) atoms. The fraction of sp³-hybridized carbons (Fsp3) is 0.688. The third kappa shape index (κ3) is 3.53. The second-order valence-electron chi connectivity index (χ2n) is 5.73. The molecule has 106 valence electrons. The number of halogens is 1. The Morgan fingerprint density at radius 1 is 1.37 bits per heavy atom. The van der Waals surface area contributed by atoms with Crippen LogP contribution < -0.4 is 5.32 Å². The van der Waals surface area contributed by atoms with E-state index < -0.39 is 0 Å². The van der Waals surface area contributed by atoms with Gasteiger partial charge < -0.3 is 5.32 Å². The molecule has 2 rings (SSSR count). The van der Waals surface area contributed by atoms with E-state index in [-0.39, 0.29) is 11.9 Å². The molecule has 0 bridgehead atoms. The van der Waals surface area contributed by atoms with Gasteiger partial charge in [-0.3, -0.25) is 4.98 Å². The van der Waals surface area contributed by atoms with E-state index in [1.165, 1.54) is 44.7 Å². The molecule has 0 spiro atoms. The van der Waals surface area contributed by atoms with E-state index in [0.717, 1.165) is 11.5 Å². The van der Waals surface area contributed by atoms with Gasteiger partial charge in [-0.05, 0) is 37.8 Å². The first-order valence-electron chi connectivity index (χ1n) is 7.53. The van der Waals surface area contributed by atoms with Crippen LogP contribution in [0, 0.1) is 17.7 Å². The second-order valence-corrected chi connectivity index (χ2v) is 5.73. The number of hydrogen-bond acceptors (Lipinski definition) is 2. The minimum absolute atomic E-state index is 0.130. The molecule has 2 nitrogen and oxygen atoms in total. The van der Waals surface area contributed by atoms with Gasteiger partial charge in [0.25, 0.3) is 0 Å². The van der Waals surface area contributed by atoms with Crippen LogP contribution >= 0.6 is 0 Å². The Morgan fingerprint density at radius 3 is 2.68 bits per heavy atom. The Balaban J connectivity index is 2.02. The number of pyridine rings is 1. The highest BCUT2D eigenvalue weighted by Crippen LogP contribution is 2.38. The Hall–Kier alpha value is -0.960. The van der Waals surface area contributed by atoms with Gasteiger partial charge >= 0.3 is 0 Å². The number of nitrogens with one attached hydrogen (secondary N) is 1. The van der Waals surface area contributed by atoms with Gasteiger partial charge in [-0.1, -0.05) is 32.6 Å². The molecule has 1 aliphatic carbocycles. The predicted octanol–water partition coefficient (Wildman–Crippen LogP) is 4.09. The van der Waals surface area contributed by atoms with Crippen molar-refractivity contribution in [3.8, 4) is 0 Å². The molecule has 1 aromatic rings. The lowest BCUT2D eigenvalue weighted by atomic mass is 9.75. The van der Waals surface area contributed by atoms with Crippen molar-refractivity contribution in [1.82, 2.24) is 10.3 Å². The Labute approximate surface area is 115 Å². The van der Waals surface area contributed by atoms with Crippen LogP contribution in [0.4, 0.5) is 4.39 Å². The van der Waals surface area contributed by atoms with Crippen molar-refractivity contribution in [1.29, 1.82) is 0 Å². The first-order chi connectivity index (χ1) is 9.26. The maximum absolute atomic E-state index is 13.9. The molecule has 1 N–H and O–H groups in total. The average Bonchev–Trinajstić information content (AvgIpc) is 2.44. The summed E-state index contributed by atoms with van der Waals surface area (Å²) < 4.78 is 13.9. The number of hydrogen-bond donors (Lipinski definition) is 1. The topological polar surface area (TPSA) is 24.9 Å². The van der Waals surface area contributed by atoms with Gasteiger partial charge in [-0.25, -0.2) is 4.39 Å². The largest absolute Gasteiger partial charge is 0.313 e. The molecule has 0 saturated heterocycles. The van der Waals surface area contributed by atoms with Gasteiger partial charge in [-0.15, -0.1) is 0 Å². The van der Waals surface area contributed by atoms with Crippen LogP contribution in [-0.4, -0.2) is 12.0 Å². The van der Waals surface area contributed by atoms with E-state index in [2.05, 4.69) is 17.2 Å². The Bertz CT molecular complexity index is 386. The molecule has 0 aromatic carbocycles. The zero-order chi connectivity index (χ0) is 13.7. The Kier molecular flexibility index (Phi) is 5.32. The summed E-state index contributed by atoms with van der Waals surface area (Å²) in [6.07, 6.45) is 10.6. The van der Waals surface area contributed by atoms with E-state index in [4.69, 9.17) is 0 Å². The van der Waals surface area contributed by atoms with Crippen LogP contribution in [-0.2, 0) is 0 Å². The molecule has 3 heteroatoms. The van der Waals surface area contributed by atoms with Crippen LogP contribution in [0.1, 0.15) is 57.1 Å². The van der Waals surface area contributed by atoms with Gasteiger partial charge in [0.05, 0.1) is 6.20 Å². The maximum atomic E-state index is 13.9. The van der Waals surface area contributed by atoms with Crippen molar-refractivity contribution in [2.75, 3.05) is 7.05 Å². The lowest BCUT2D eigenvalue weighted by Crippen LogP contribution is -2.29. The molecular weight excluding hydrogens is 239 g/mol. The van der Waals surface area contributed by atoms with Crippen molar-refractivity contribution in [3.63, 3.8) is 0 Å². The SMILES string of the molecule is CCCC1CCC(C(NC)c2ccncc2F)CC1. The summed E-state index contributed by atoms with van der Waals surface area (Å²) in [5, 5.41) is 3.31. The molecule has 1 aliphatic rings. The minimum Gasteiger partial charge on any atom is -0.313 e. The molecule has 0 aliphatic heterocycles. The van der Waals surface area contributed by atoms with Crippen LogP contribution in [0.3, 0.4) is 0 Å². The number of nitrogens with zero attached hydrogens (tertiary/aromatic N) is 1. The smallest absolute Gasteiger partial charge is 0.146 e. The lowest BCUT2D eigenvalue weighted by molar-refractivity contribution is 0.217. The molecule has 1 fully saturated rings. The summed E-state index contributed by atoms with van der Waals surface area (Å²) in [5.41, 5.74) is 0.774. The van der Waals surface area contributed by atoms with E-state index in [1.54, 1.807) is 6.20 Å². The third-order valence-electron chi connectivity index (χ3n) is 4.51. The van der Waals surface area contributed by atoms with E-state index >= 15 is 0 Å². The maximum Gasteiger partial charge on any atom is 0.146 e. The quantitative estimate of drug-likeness (QED) is 0.866. The number of rotatable bonds is 5. The molecule has 0 amide bonds. The molecular formula is C16H25FN2. The first-order valence-corrected chi connectivity index (χ1v) is 7.53. The monoisotopic (exact) mass is 264 g/mol. The number of aromatic nitrogens is 1. The summed E-state index contributed by atoms with van der Waals surface area (Å²) in [4.78, 5) is 3.84. The van der Waals surface area contributed by atoms with Gasteiger partial charge in [-0.2, -0.15) is 0 Å². The zero-order valence-corrected chi connectivity index (χ0v) is 12.0. The molecule has 1 heterocycles. The molecule has 1 saturated carbocycles. The zero-order valence-electron chi connectivity index (χ0n) is 12.0. The van der Waals surface area contributed by atoms with Crippen molar-refractivity contribution < 1.29 is 4.39 Å². The summed E-state index contributed by atoms with van der Waals surface area (Å²) in [5.74, 6) is 1.26. The fourth-order valence-corrected chi connectivity index (χ4v) is 3.50.